The van der Waals surface area contributed by atoms with E-state index < -0.39 is 0 Å². The zero-order valence-electron chi connectivity index (χ0n) is 17.8. The minimum Gasteiger partial charge on any atom is -0.272 e. The highest BCUT2D eigenvalue weighted by atomic mass is 35.5. The predicted molar refractivity (Wildman–Crippen MR) is 117 cm³/mol. The average Bonchev–Trinajstić information content (AvgIpc) is 3.36. The molecule has 3 aromatic rings. The van der Waals surface area contributed by atoms with Gasteiger partial charge in [0.05, 0.1) is 23.0 Å². The molecule has 3 aromatic heterocycles. The molecule has 0 saturated heterocycles. The normalized spacial score (nSPS) is 21.8. The average molecular weight is 425 g/mol. The van der Waals surface area contributed by atoms with Crippen molar-refractivity contribution >= 4 is 11.6 Å². The SMILES string of the molecule is Cc1ccnn1C1CCC(Cc2ncc(Cl)c(-c3cnn(C)c3CC3CC3)n2)CC1. The first kappa shape index (κ1) is 19.7. The van der Waals surface area contributed by atoms with E-state index in [1.165, 1.54) is 49.9 Å². The summed E-state index contributed by atoms with van der Waals surface area (Å²) < 4.78 is 4.17. The molecule has 0 amide bonds. The third kappa shape index (κ3) is 4.02. The van der Waals surface area contributed by atoms with Gasteiger partial charge in [0.2, 0.25) is 0 Å². The smallest absolute Gasteiger partial charge is 0.129 e. The third-order valence-electron chi connectivity index (χ3n) is 6.79. The minimum absolute atomic E-state index is 0.526. The monoisotopic (exact) mass is 424 g/mol. The lowest BCUT2D eigenvalue weighted by atomic mass is 9.84. The van der Waals surface area contributed by atoms with Gasteiger partial charge < -0.3 is 0 Å². The van der Waals surface area contributed by atoms with E-state index in [2.05, 4.69) is 32.9 Å². The van der Waals surface area contributed by atoms with Gasteiger partial charge in [-0.1, -0.05) is 11.6 Å². The summed E-state index contributed by atoms with van der Waals surface area (Å²) in [5.41, 5.74) is 4.39. The summed E-state index contributed by atoms with van der Waals surface area (Å²) in [6, 6.07) is 2.61. The van der Waals surface area contributed by atoms with Crippen molar-refractivity contribution in [3.63, 3.8) is 0 Å². The van der Waals surface area contributed by atoms with E-state index in [9.17, 15) is 0 Å². The number of aryl methyl sites for hydroxylation is 2. The number of hydrogen-bond donors (Lipinski definition) is 0. The lowest BCUT2D eigenvalue weighted by Gasteiger charge is -2.29. The second-order valence-corrected chi connectivity index (χ2v) is 9.46. The van der Waals surface area contributed by atoms with Crippen LogP contribution in [-0.4, -0.2) is 29.5 Å². The molecule has 5 rings (SSSR count). The zero-order valence-corrected chi connectivity index (χ0v) is 18.5. The summed E-state index contributed by atoms with van der Waals surface area (Å²) in [5.74, 6) is 2.30. The Labute approximate surface area is 182 Å². The molecule has 0 aliphatic heterocycles. The molecule has 0 unspecified atom stereocenters. The van der Waals surface area contributed by atoms with Crippen LogP contribution in [0.25, 0.3) is 11.3 Å². The summed E-state index contributed by atoms with van der Waals surface area (Å²) in [6.07, 6.45) is 14.9. The number of hydrogen-bond acceptors (Lipinski definition) is 4. The van der Waals surface area contributed by atoms with Crippen LogP contribution >= 0.6 is 11.6 Å². The Morgan fingerprint density at radius 1 is 1.00 bits per heavy atom. The van der Waals surface area contributed by atoms with Crippen LogP contribution in [0.4, 0.5) is 0 Å². The van der Waals surface area contributed by atoms with Gasteiger partial charge in [-0.2, -0.15) is 10.2 Å². The Hall–Kier alpha value is -2.21. The maximum absolute atomic E-state index is 6.53. The van der Waals surface area contributed by atoms with Gasteiger partial charge in [0.1, 0.15) is 5.82 Å². The molecule has 0 bridgehead atoms. The molecule has 30 heavy (non-hydrogen) atoms. The molecule has 0 atom stereocenters. The lowest BCUT2D eigenvalue weighted by molar-refractivity contribution is 0.255. The molecule has 7 heteroatoms. The number of nitrogens with zero attached hydrogens (tertiary/aromatic N) is 6. The Morgan fingerprint density at radius 2 is 1.73 bits per heavy atom. The highest BCUT2D eigenvalue weighted by molar-refractivity contribution is 6.32. The van der Waals surface area contributed by atoms with Crippen LogP contribution < -0.4 is 0 Å². The first-order valence-electron chi connectivity index (χ1n) is 11.1. The van der Waals surface area contributed by atoms with Crippen molar-refractivity contribution in [2.45, 2.75) is 64.3 Å². The van der Waals surface area contributed by atoms with Crippen molar-refractivity contribution in [1.82, 2.24) is 29.5 Å². The van der Waals surface area contributed by atoms with Gasteiger partial charge in [-0.05, 0) is 69.8 Å². The first-order valence-corrected chi connectivity index (χ1v) is 11.5. The Kier molecular flexibility index (Phi) is 5.35. The summed E-state index contributed by atoms with van der Waals surface area (Å²) in [5, 5.41) is 9.61. The molecule has 6 nitrogen and oxygen atoms in total. The van der Waals surface area contributed by atoms with Crippen LogP contribution in [0.5, 0.6) is 0 Å². The molecule has 2 saturated carbocycles. The quantitative estimate of drug-likeness (QED) is 0.561. The van der Waals surface area contributed by atoms with Crippen LogP contribution in [0.3, 0.4) is 0 Å². The van der Waals surface area contributed by atoms with E-state index in [1.54, 1.807) is 6.20 Å². The fourth-order valence-electron chi connectivity index (χ4n) is 4.80. The summed E-state index contributed by atoms with van der Waals surface area (Å²) in [6.45, 7) is 2.14. The molecule has 2 aliphatic carbocycles. The highest BCUT2D eigenvalue weighted by Crippen LogP contribution is 2.37. The lowest BCUT2D eigenvalue weighted by Crippen LogP contribution is -2.21. The van der Waals surface area contributed by atoms with Gasteiger partial charge in [0.25, 0.3) is 0 Å². The van der Waals surface area contributed by atoms with Gasteiger partial charge >= 0.3 is 0 Å². The van der Waals surface area contributed by atoms with Crippen molar-refractivity contribution in [2.75, 3.05) is 0 Å². The van der Waals surface area contributed by atoms with Crippen molar-refractivity contribution in [1.29, 1.82) is 0 Å². The van der Waals surface area contributed by atoms with Crippen LogP contribution in [0.15, 0.2) is 24.7 Å². The van der Waals surface area contributed by atoms with Crippen molar-refractivity contribution in [3.8, 4) is 11.3 Å². The molecular formula is C23H29ClN6. The first-order chi connectivity index (χ1) is 14.6. The van der Waals surface area contributed by atoms with Crippen molar-refractivity contribution < 1.29 is 0 Å². The topological polar surface area (TPSA) is 61.4 Å². The molecule has 0 radical (unpaired) electrons. The van der Waals surface area contributed by atoms with E-state index in [0.717, 1.165) is 35.8 Å². The van der Waals surface area contributed by atoms with Crippen molar-refractivity contribution in [2.24, 2.45) is 18.9 Å². The number of halogens is 1. The Bertz CT molecular complexity index is 1030. The fourth-order valence-corrected chi connectivity index (χ4v) is 5.00. The van der Waals surface area contributed by atoms with Crippen LogP contribution in [-0.2, 0) is 19.9 Å². The maximum atomic E-state index is 6.53. The Balaban J connectivity index is 1.30. The predicted octanol–water partition coefficient (Wildman–Crippen LogP) is 4.96. The minimum atomic E-state index is 0.526. The Morgan fingerprint density at radius 3 is 2.43 bits per heavy atom. The molecule has 0 aromatic carbocycles. The van der Waals surface area contributed by atoms with E-state index in [-0.39, 0.29) is 0 Å². The van der Waals surface area contributed by atoms with Gasteiger partial charge in [-0.3, -0.25) is 9.36 Å². The molecule has 158 valence electrons. The van der Waals surface area contributed by atoms with Gasteiger partial charge in [-0.15, -0.1) is 0 Å². The molecule has 2 fully saturated rings. The van der Waals surface area contributed by atoms with Gasteiger partial charge in [0, 0.05) is 42.8 Å². The molecule has 0 spiro atoms. The number of aromatic nitrogens is 6. The zero-order chi connectivity index (χ0) is 20.7. The van der Waals surface area contributed by atoms with E-state index in [4.69, 9.17) is 16.6 Å². The standard InChI is InChI=1S/C23H29ClN6/c1-15-9-10-26-30(15)18-7-5-17(6-8-18)12-22-25-14-20(24)23(28-22)19-13-27-29(2)21(19)11-16-3-4-16/h9-10,13-14,16-18H,3-8,11-12H2,1-2H3. The number of rotatable bonds is 6. The molecular weight excluding hydrogens is 396 g/mol. The van der Waals surface area contributed by atoms with E-state index in [1.807, 2.05) is 24.1 Å². The second kappa shape index (κ2) is 8.14. The molecule has 3 heterocycles. The van der Waals surface area contributed by atoms with Crippen LogP contribution in [0.1, 0.15) is 61.8 Å². The third-order valence-corrected chi connectivity index (χ3v) is 7.07. The summed E-state index contributed by atoms with van der Waals surface area (Å²) in [7, 11) is 2.01. The largest absolute Gasteiger partial charge is 0.272 e. The van der Waals surface area contributed by atoms with Crippen molar-refractivity contribution in [3.05, 3.63) is 46.9 Å². The molecule has 0 N–H and O–H groups in total. The fraction of sp³-hybridized carbons (Fsp3) is 0.565. The van der Waals surface area contributed by atoms with E-state index >= 15 is 0 Å². The van der Waals surface area contributed by atoms with Gasteiger partial charge in [-0.25, -0.2) is 9.97 Å². The van der Waals surface area contributed by atoms with Crippen LogP contribution in [0, 0.1) is 18.8 Å². The van der Waals surface area contributed by atoms with Gasteiger partial charge in [0.15, 0.2) is 0 Å². The summed E-state index contributed by atoms with van der Waals surface area (Å²) >= 11 is 6.53. The summed E-state index contributed by atoms with van der Waals surface area (Å²) in [4.78, 5) is 9.47. The maximum Gasteiger partial charge on any atom is 0.129 e. The highest BCUT2D eigenvalue weighted by Gasteiger charge is 2.27. The molecule has 2 aliphatic rings. The van der Waals surface area contributed by atoms with Crippen LogP contribution in [0.2, 0.25) is 5.02 Å². The van der Waals surface area contributed by atoms with E-state index in [0.29, 0.717) is 17.0 Å². The second-order valence-electron chi connectivity index (χ2n) is 9.05.